The van der Waals surface area contributed by atoms with E-state index >= 15 is 0 Å². The van der Waals surface area contributed by atoms with Gasteiger partial charge in [-0.15, -0.1) is 0 Å². The van der Waals surface area contributed by atoms with Crippen LogP contribution in [0.2, 0.25) is 0 Å². The summed E-state index contributed by atoms with van der Waals surface area (Å²) >= 11 is 0. The highest BCUT2D eigenvalue weighted by molar-refractivity contribution is 5.67. The summed E-state index contributed by atoms with van der Waals surface area (Å²) < 4.78 is 0. The van der Waals surface area contributed by atoms with Crippen molar-refractivity contribution in [2.45, 2.75) is 12.8 Å². The highest BCUT2D eigenvalue weighted by atomic mass is 16.4. The van der Waals surface area contributed by atoms with E-state index in [0.717, 1.165) is 12.1 Å². The fraction of sp³-hybridized carbons (Fsp3) is 0.364. The van der Waals surface area contributed by atoms with Crippen LogP contribution in [0.3, 0.4) is 0 Å². The van der Waals surface area contributed by atoms with Gasteiger partial charge in [0.1, 0.15) is 0 Å². The minimum Gasteiger partial charge on any atom is -0.481 e. The van der Waals surface area contributed by atoms with Crippen molar-refractivity contribution in [1.29, 1.82) is 0 Å². The molecule has 4 heteroatoms. The number of benzene rings is 1. The standard InChI is InChI=1S/C11H16N2O2/c12-7-5-9-1-3-10(4-2-9)13-8-6-11(14)15/h1-4,13H,5-8,12H2,(H,14,15). The Morgan fingerprint density at radius 2 is 2.00 bits per heavy atom. The molecule has 0 aliphatic heterocycles. The van der Waals surface area contributed by atoms with Crippen LogP contribution in [-0.2, 0) is 11.2 Å². The zero-order valence-corrected chi connectivity index (χ0v) is 8.57. The highest BCUT2D eigenvalue weighted by Crippen LogP contribution is 2.09. The lowest BCUT2D eigenvalue weighted by Gasteiger charge is -2.05. The number of hydrogen-bond acceptors (Lipinski definition) is 3. The van der Waals surface area contributed by atoms with Crippen LogP contribution in [0, 0.1) is 0 Å². The number of carboxylic acids is 1. The largest absolute Gasteiger partial charge is 0.481 e. The van der Waals surface area contributed by atoms with E-state index < -0.39 is 5.97 Å². The highest BCUT2D eigenvalue weighted by Gasteiger charge is 1.97. The zero-order chi connectivity index (χ0) is 11.1. The predicted octanol–water partition coefficient (Wildman–Crippen LogP) is 1.07. The monoisotopic (exact) mass is 208 g/mol. The number of nitrogens with one attached hydrogen (secondary N) is 1. The first kappa shape index (κ1) is 11.5. The first-order valence-corrected chi connectivity index (χ1v) is 4.97. The number of aliphatic carboxylic acids is 1. The Labute approximate surface area is 89.1 Å². The summed E-state index contributed by atoms with van der Waals surface area (Å²) in [4.78, 5) is 10.3. The van der Waals surface area contributed by atoms with Crippen molar-refractivity contribution in [3.05, 3.63) is 29.8 Å². The Hall–Kier alpha value is -1.55. The molecule has 82 valence electrons. The van der Waals surface area contributed by atoms with Crippen molar-refractivity contribution in [3.63, 3.8) is 0 Å². The fourth-order valence-corrected chi connectivity index (χ4v) is 1.27. The summed E-state index contributed by atoms with van der Waals surface area (Å²) in [7, 11) is 0. The Bertz CT molecular complexity index is 309. The first-order valence-electron chi connectivity index (χ1n) is 4.97. The average Bonchev–Trinajstić information content (AvgIpc) is 2.20. The van der Waals surface area contributed by atoms with Crippen LogP contribution < -0.4 is 11.1 Å². The van der Waals surface area contributed by atoms with E-state index in [2.05, 4.69) is 5.32 Å². The molecule has 4 nitrogen and oxygen atoms in total. The third-order valence-electron chi connectivity index (χ3n) is 2.05. The van der Waals surface area contributed by atoms with Crippen LogP contribution in [0.25, 0.3) is 0 Å². The summed E-state index contributed by atoms with van der Waals surface area (Å²) in [6.07, 6.45) is 1.000. The number of nitrogens with two attached hydrogens (primary N) is 1. The molecule has 0 aromatic heterocycles. The van der Waals surface area contributed by atoms with Crippen LogP contribution in [-0.4, -0.2) is 24.2 Å². The van der Waals surface area contributed by atoms with Gasteiger partial charge in [-0.05, 0) is 30.7 Å². The molecule has 0 atom stereocenters. The molecule has 0 unspecified atom stereocenters. The Morgan fingerprint density at radius 3 is 2.53 bits per heavy atom. The fourth-order valence-electron chi connectivity index (χ4n) is 1.27. The molecule has 0 fully saturated rings. The van der Waals surface area contributed by atoms with Gasteiger partial charge in [0.2, 0.25) is 0 Å². The predicted molar refractivity (Wildman–Crippen MR) is 59.9 cm³/mol. The molecular weight excluding hydrogens is 192 g/mol. The quantitative estimate of drug-likeness (QED) is 0.653. The topological polar surface area (TPSA) is 75.3 Å². The summed E-state index contributed by atoms with van der Waals surface area (Å²) in [5.41, 5.74) is 7.57. The third kappa shape index (κ3) is 4.46. The lowest BCUT2D eigenvalue weighted by molar-refractivity contribution is -0.136. The van der Waals surface area contributed by atoms with E-state index in [-0.39, 0.29) is 6.42 Å². The van der Waals surface area contributed by atoms with Gasteiger partial charge < -0.3 is 16.2 Å². The lowest BCUT2D eigenvalue weighted by Crippen LogP contribution is -2.07. The Balaban J connectivity index is 2.39. The second kappa shape index (κ2) is 6.03. The van der Waals surface area contributed by atoms with E-state index in [9.17, 15) is 4.79 Å². The molecular formula is C11H16N2O2. The van der Waals surface area contributed by atoms with Crippen molar-refractivity contribution >= 4 is 11.7 Å². The van der Waals surface area contributed by atoms with Crippen LogP contribution in [0.5, 0.6) is 0 Å². The minimum atomic E-state index is -0.790. The molecule has 0 aliphatic carbocycles. The van der Waals surface area contributed by atoms with Crippen molar-refractivity contribution < 1.29 is 9.90 Å². The maximum Gasteiger partial charge on any atom is 0.305 e. The second-order valence-corrected chi connectivity index (χ2v) is 3.31. The molecule has 1 rings (SSSR count). The van der Waals surface area contributed by atoms with Crippen molar-refractivity contribution in [1.82, 2.24) is 0 Å². The summed E-state index contributed by atoms with van der Waals surface area (Å²) in [6, 6.07) is 7.87. The van der Waals surface area contributed by atoms with E-state index in [1.807, 2.05) is 24.3 Å². The third-order valence-corrected chi connectivity index (χ3v) is 2.05. The van der Waals surface area contributed by atoms with Gasteiger partial charge in [-0.1, -0.05) is 12.1 Å². The molecule has 0 aliphatic rings. The normalized spacial score (nSPS) is 9.93. The second-order valence-electron chi connectivity index (χ2n) is 3.31. The molecule has 1 aromatic rings. The average molecular weight is 208 g/mol. The van der Waals surface area contributed by atoms with Crippen LogP contribution in [0.15, 0.2) is 24.3 Å². The molecule has 0 spiro atoms. The van der Waals surface area contributed by atoms with Gasteiger partial charge in [-0.3, -0.25) is 4.79 Å². The van der Waals surface area contributed by atoms with Crippen LogP contribution in [0.1, 0.15) is 12.0 Å². The molecule has 4 N–H and O–H groups in total. The minimum absolute atomic E-state index is 0.130. The molecule has 0 amide bonds. The van der Waals surface area contributed by atoms with Crippen molar-refractivity contribution in [2.24, 2.45) is 5.73 Å². The first-order chi connectivity index (χ1) is 7.22. The van der Waals surface area contributed by atoms with Gasteiger partial charge in [0.25, 0.3) is 0 Å². The van der Waals surface area contributed by atoms with Gasteiger partial charge in [0.15, 0.2) is 0 Å². The smallest absolute Gasteiger partial charge is 0.305 e. The zero-order valence-electron chi connectivity index (χ0n) is 8.57. The molecule has 0 saturated carbocycles. The van der Waals surface area contributed by atoms with E-state index in [1.165, 1.54) is 5.56 Å². The summed E-state index contributed by atoms with van der Waals surface area (Å²) in [5.74, 6) is -0.790. The van der Waals surface area contributed by atoms with Crippen LogP contribution >= 0.6 is 0 Å². The maximum atomic E-state index is 10.3. The van der Waals surface area contributed by atoms with E-state index in [1.54, 1.807) is 0 Å². The number of carboxylic acid groups (broad SMARTS) is 1. The molecule has 0 radical (unpaired) electrons. The van der Waals surface area contributed by atoms with Gasteiger partial charge in [-0.2, -0.15) is 0 Å². The van der Waals surface area contributed by atoms with Crippen molar-refractivity contribution in [3.8, 4) is 0 Å². The molecule has 0 heterocycles. The van der Waals surface area contributed by atoms with Gasteiger partial charge in [-0.25, -0.2) is 0 Å². The molecule has 0 saturated heterocycles. The van der Waals surface area contributed by atoms with Crippen molar-refractivity contribution in [2.75, 3.05) is 18.4 Å². The number of rotatable bonds is 6. The molecule has 15 heavy (non-hydrogen) atoms. The molecule has 0 bridgehead atoms. The Morgan fingerprint density at radius 1 is 1.33 bits per heavy atom. The summed E-state index contributed by atoms with van der Waals surface area (Å²) in [5, 5.41) is 11.5. The number of anilines is 1. The van der Waals surface area contributed by atoms with Crippen LogP contribution in [0.4, 0.5) is 5.69 Å². The number of hydrogen-bond donors (Lipinski definition) is 3. The van der Waals surface area contributed by atoms with E-state index in [0.29, 0.717) is 13.1 Å². The SMILES string of the molecule is NCCc1ccc(NCCC(=O)O)cc1. The lowest BCUT2D eigenvalue weighted by atomic mass is 10.1. The van der Waals surface area contributed by atoms with Gasteiger partial charge >= 0.3 is 5.97 Å². The number of carbonyl (C=O) groups is 1. The van der Waals surface area contributed by atoms with Gasteiger partial charge in [0, 0.05) is 12.2 Å². The Kier molecular flexibility index (Phi) is 4.63. The molecule has 1 aromatic carbocycles. The van der Waals surface area contributed by atoms with Gasteiger partial charge in [0.05, 0.1) is 6.42 Å². The summed E-state index contributed by atoms with van der Waals surface area (Å²) in [6.45, 7) is 1.09. The van der Waals surface area contributed by atoms with E-state index in [4.69, 9.17) is 10.8 Å². The maximum absolute atomic E-state index is 10.3.